The number of carboxylic acid groups (broad SMARTS) is 1. The second-order valence-electron chi connectivity index (χ2n) is 2.94. The van der Waals surface area contributed by atoms with Gasteiger partial charge in [-0.3, -0.25) is 0 Å². The van der Waals surface area contributed by atoms with Crippen molar-refractivity contribution in [3.05, 3.63) is 0 Å². The van der Waals surface area contributed by atoms with E-state index in [1.807, 2.05) is 0 Å². The summed E-state index contributed by atoms with van der Waals surface area (Å²) in [6.07, 6.45) is 0. The van der Waals surface area contributed by atoms with Crippen molar-refractivity contribution in [3.63, 3.8) is 0 Å². The summed E-state index contributed by atoms with van der Waals surface area (Å²) in [7, 11) is 0. The number of hydrogen-bond donors (Lipinski definition) is 2. The molecular weight excluding hydrogens is 206 g/mol. The summed E-state index contributed by atoms with van der Waals surface area (Å²) in [6.45, 7) is 1.12. The Balaban J connectivity index is 2.35. The van der Waals surface area contributed by atoms with Crippen LogP contribution in [0.15, 0.2) is 0 Å². The van der Waals surface area contributed by atoms with E-state index in [2.05, 4.69) is 4.84 Å². The maximum absolute atomic E-state index is 10.7. The van der Waals surface area contributed by atoms with Gasteiger partial charge in [0.15, 0.2) is 0 Å². The third-order valence-corrected chi connectivity index (χ3v) is 1.94. The third-order valence-electron chi connectivity index (χ3n) is 1.94. The van der Waals surface area contributed by atoms with Crippen molar-refractivity contribution in [3.8, 4) is 0 Å². The molecule has 1 aliphatic heterocycles. The Hall–Kier alpha value is -1.83. The molecule has 0 spiro atoms. The molecule has 1 heterocycles. The molecule has 0 aromatic carbocycles. The fourth-order valence-electron chi connectivity index (χ4n) is 1.16. The number of nitrogens with two attached hydrogens (primary N) is 1. The number of primary amides is 1. The number of hydrogen-bond acceptors (Lipinski definition) is 5. The number of hydroxylamine groups is 2. The van der Waals surface area contributed by atoms with Crippen LogP contribution in [0, 0.1) is 0 Å². The van der Waals surface area contributed by atoms with E-state index in [1.54, 1.807) is 0 Å². The molecule has 0 unspecified atom stereocenters. The van der Waals surface area contributed by atoms with Crippen molar-refractivity contribution in [2.24, 2.45) is 5.73 Å². The van der Waals surface area contributed by atoms with Crippen LogP contribution in [0.2, 0.25) is 0 Å². The standard InChI is InChI=1S/C7H11N3O5/c8-7(14)9-1-3-10(4-2-9)15-6(13)5(11)12/h1-4H2,(H2,8,14)(H,11,12). The zero-order valence-corrected chi connectivity index (χ0v) is 7.88. The number of carbonyl (C=O) groups is 3. The van der Waals surface area contributed by atoms with E-state index in [0.717, 1.165) is 0 Å². The van der Waals surface area contributed by atoms with Gasteiger partial charge in [-0.05, 0) is 0 Å². The summed E-state index contributed by atoms with van der Waals surface area (Å²) in [5, 5.41) is 9.46. The molecular formula is C7H11N3O5. The summed E-state index contributed by atoms with van der Waals surface area (Å²) < 4.78 is 0. The van der Waals surface area contributed by atoms with Gasteiger partial charge in [-0.1, -0.05) is 0 Å². The van der Waals surface area contributed by atoms with Crippen molar-refractivity contribution >= 4 is 18.0 Å². The summed E-state index contributed by atoms with van der Waals surface area (Å²) in [5.74, 6) is -2.98. The Morgan fingerprint density at radius 1 is 1.13 bits per heavy atom. The molecule has 3 N–H and O–H groups in total. The molecule has 0 saturated carbocycles. The average molecular weight is 217 g/mol. The number of piperazine rings is 1. The molecule has 0 aromatic heterocycles. The molecule has 0 atom stereocenters. The van der Waals surface area contributed by atoms with Crippen LogP contribution in [0.3, 0.4) is 0 Å². The van der Waals surface area contributed by atoms with Gasteiger partial charge in [-0.25, -0.2) is 14.4 Å². The summed E-state index contributed by atoms with van der Waals surface area (Å²) in [4.78, 5) is 37.4. The van der Waals surface area contributed by atoms with E-state index in [0.29, 0.717) is 13.1 Å². The smallest absolute Gasteiger partial charge is 0.436 e. The van der Waals surface area contributed by atoms with Gasteiger partial charge in [-0.2, -0.15) is 0 Å². The largest absolute Gasteiger partial charge is 0.473 e. The van der Waals surface area contributed by atoms with Gasteiger partial charge >= 0.3 is 18.0 Å². The van der Waals surface area contributed by atoms with Crippen LogP contribution < -0.4 is 5.73 Å². The van der Waals surface area contributed by atoms with Crippen molar-refractivity contribution < 1.29 is 24.3 Å². The molecule has 1 rings (SSSR count). The van der Waals surface area contributed by atoms with Crippen LogP contribution >= 0.6 is 0 Å². The number of aliphatic carboxylic acids is 1. The van der Waals surface area contributed by atoms with Gasteiger partial charge < -0.3 is 20.6 Å². The topological polar surface area (TPSA) is 113 Å². The SMILES string of the molecule is NC(=O)N1CCN(OC(=O)C(=O)O)CC1. The molecule has 8 nitrogen and oxygen atoms in total. The monoisotopic (exact) mass is 217 g/mol. The van der Waals surface area contributed by atoms with Crippen LogP contribution in [0.4, 0.5) is 4.79 Å². The second-order valence-corrected chi connectivity index (χ2v) is 2.94. The van der Waals surface area contributed by atoms with E-state index in [-0.39, 0.29) is 13.1 Å². The number of urea groups is 1. The van der Waals surface area contributed by atoms with Crippen LogP contribution in [-0.2, 0) is 14.4 Å². The first-order chi connectivity index (χ1) is 7.00. The molecule has 1 saturated heterocycles. The highest BCUT2D eigenvalue weighted by Crippen LogP contribution is 2.01. The normalized spacial score (nSPS) is 17.2. The minimum Gasteiger partial charge on any atom is -0.473 e. The minimum atomic E-state index is -1.65. The summed E-state index contributed by atoms with van der Waals surface area (Å²) in [5.41, 5.74) is 5.03. The number of carbonyl (C=O) groups excluding carboxylic acids is 2. The van der Waals surface area contributed by atoms with Crippen LogP contribution in [0.25, 0.3) is 0 Å². The number of amides is 2. The van der Waals surface area contributed by atoms with Crippen molar-refractivity contribution in [1.82, 2.24) is 9.96 Å². The molecule has 2 amide bonds. The van der Waals surface area contributed by atoms with Crippen LogP contribution in [0.1, 0.15) is 0 Å². The van der Waals surface area contributed by atoms with Crippen LogP contribution in [0.5, 0.6) is 0 Å². The van der Waals surface area contributed by atoms with Gasteiger partial charge in [0.05, 0.1) is 13.1 Å². The van der Waals surface area contributed by atoms with Gasteiger partial charge in [0.1, 0.15) is 0 Å². The second kappa shape index (κ2) is 4.60. The van der Waals surface area contributed by atoms with E-state index < -0.39 is 18.0 Å². The molecule has 0 aliphatic carbocycles. The molecule has 0 radical (unpaired) electrons. The first-order valence-corrected chi connectivity index (χ1v) is 4.25. The highest BCUT2D eigenvalue weighted by Gasteiger charge is 2.24. The summed E-state index contributed by atoms with van der Waals surface area (Å²) in [6, 6.07) is -0.542. The van der Waals surface area contributed by atoms with Crippen LogP contribution in [-0.4, -0.2) is 59.2 Å². The molecule has 8 heteroatoms. The molecule has 15 heavy (non-hydrogen) atoms. The fourth-order valence-corrected chi connectivity index (χ4v) is 1.16. The first-order valence-electron chi connectivity index (χ1n) is 4.25. The molecule has 1 fully saturated rings. The lowest BCUT2D eigenvalue weighted by Gasteiger charge is -2.31. The van der Waals surface area contributed by atoms with Gasteiger partial charge in [0.25, 0.3) is 0 Å². The Morgan fingerprint density at radius 3 is 2.07 bits per heavy atom. The van der Waals surface area contributed by atoms with E-state index in [9.17, 15) is 14.4 Å². The maximum Gasteiger partial charge on any atom is 0.436 e. The molecule has 1 aliphatic rings. The van der Waals surface area contributed by atoms with Crippen molar-refractivity contribution in [1.29, 1.82) is 0 Å². The van der Waals surface area contributed by atoms with E-state index >= 15 is 0 Å². The zero-order chi connectivity index (χ0) is 11.4. The lowest BCUT2D eigenvalue weighted by atomic mass is 10.4. The first kappa shape index (κ1) is 11.2. The van der Waals surface area contributed by atoms with Gasteiger partial charge in [-0.15, -0.1) is 5.06 Å². The zero-order valence-electron chi connectivity index (χ0n) is 7.88. The van der Waals surface area contributed by atoms with E-state index in [1.165, 1.54) is 9.96 Å². The fraction of sp³-hybridized carbons (Fsp3) is 0.571. The highest BCUT2D eigenvalue weighted by atomic mass is 16.7. The van der Waals surface area contributed by atoms with Gasteiger partial charge in [0.2, 0.25) is 0 Å². The molecule has 0 aromatic rings. The van der Waals surface area contributed by atoms with Crippen molar-refractivity contribution in [2.45, 2.75) is 0 Å². The Kier molecular flexibility index (Phi) is 3.45. The minimum absolute atomic E-state index is 0.252. The Labute approximate surface area is 85.1 Å². The molecule has 0 bridgehead atoms. The average Bonchev–Trinajstić information content (AvgIpc) is 2.18. The highest BCUT2D eigenvalue weighted by molar-refractivity contribution is 6.28. The Morgan fingerprint density at radius 2 is 1.67 bits per heavy atom. The van der Waals surface area contributed by atoms with Gasteiger partial charge in [0, 0.05) is 13.1 Å². The number of rotatable bonds is 1. The maximum atomic E-state index is 10.7. The van der Waals surface area contributed by atoms with E-state index in [4.69, 9.17) is 10.8 Å². The number of nitrogens with zero attached hydrogens (tertiary/aromatic N) is 2. The quantitative estimate of drug-likeness (QED) is 0.502. The predicted octanol–water partition coefficient (Wildman–Crippen LogP) is -1.77. The lowest BCUT2D eigenvalue weighted by Crippen LogP contribution is -2.51. The third kappa shape index (κ3) is 3.09. The molecule has 84 valence electrons. The van der Waals surface area contributed by atoms with Crippen molar-refractivity contribution in [2.75, 3.05) is 26.2 Å². The summed E-state index contributed by atoms with van der Waals surface area (Å²) >= 11 is 0. The lowest BCUT2D eigenvalue weighted by molar-refractivity contribution is -0.202. The predicted molar refractivity (Wildman–Crippen MR) is 46.5 cm³/mol. The number of carboxylic acids is 1. The Bertz CT molecular complexity index is 284.